The van der Waals surface area contributed by atoms with E-state index in [2.05, 4.69) is 0 Å². The van der Waals surface area contributed by atoms with E-state index < -0.39 is 18.2 Å². The SMILES string of the molecule is COc1cccc(C(O)C(O)C(=O)O)c1Cl. The largest absolute Gasteiger partial charge is 0.495 e. The summed E-state index contributed by atoms with van der Waals surface area (Å²) in [4.78, 5) is 10.5. The molecule has 5 nitrogen and oxygen atoms in total. The number of ether oxygens (including phenoxy) is 1. The number of rotatable bonds is 4. The van der Waals surface area contributed by atoms with E-state index in [-0.39, 0.29) is 10.6 Å². The van der Waals surface area contributed by atoms with E-state index in [0.29, 0.717) is 5.75 Å². The summed E-state index contributed by atoms with van der Waals surface area (Å²) >= 11 is 5.86. The molecule has 0 aliphatic carbocycles. The number of aliphatic hydroxyl groups is 2. The molecule has 1 aromatic carbocycles. The molecule has 0 spiro atoms. The fourth-order valence-corrected chi connectivity index (χ4v) is 1.53. The molecule has 0 amide bonds. The van der Waals surface area contributed by atoms with Gasteiger partial charge in [-0.15, -0.1) is 0 Å². The summed E-state index contributed by atoms with van der Waals surface area (Å²) in [7, 11) is 1.39. The van der Waals surface area contributed by atoms with Crippen molar-refractivity contribution in [3.05, 3.63) is 28.8 Å². The molecular weight excluding hydrogens is 236 g/mol. The molecule has 0 saturated carbocycles. The predicted molar refractivity (Wildman–Crippen MR) is 56.6 cm³/mol. The third kappa shape index (κ3) is 2.44. The fourth-order valence-electron chi connectivity index (χ4n) is 1.22. The van der Waals surface area contributed by atoms with Crippen LogP contribution in [0.3, 0.4) is 0 Å². The number of halogens is 1. The van der Waals surface area contributed by atoms with Crippen LogP contribution in [0.1, 0.15) is 11.7 Å². The van der Waals surface area contributed by atoms with Gasteiger partial charge in [-0.05, 0) is 6.07 Å². The van der Waals surface area contributed by atoms with Crippen LogP contribution < -0.4 is 4.74 Å². The average molecular weight is 247 g/mol. The predicted octanol–water partition coefficient (Wildman–Crippen LogP) is 0.827. The highest BCUT2D eigenvalue weighted by Gasteiger charge is 2.27. The highest BCUT2D eigenvalue weighted by Crippen LogP contribution is 2.32. The normalized spacial score (nSPS) is 14.2. The van der Waals surface area contributed by atoms with Crippen molar-refractivity contribution in [1.29, 1.82) is 0 Å². The Hall–Kier alpha value is -1.30. The molecule has 0 radical (unpaired) electrons. The first-order valence-electron chi connectivity index (χ1n) is 4.40. The molecule has 3 N–H and O–H groups in total. The molecule has 0 aliphatic heterocycles. The number of aliphatic carboxylic acids is 1. The number of hydrogen-bond donors (Lipinski definition) is 3. The lowest BCUT2D eigenvalue weighted by Crippen LogP contribution is -2.27. The average Bonchev–Trinajstić information content (AvgIpc) is 2.27. The zero-order chi connectivity index (χ0) is 12.3. The molecule has 16 heavy (non-hydrogen) atoms. The van der Waals surface area contributed by atoms with Crippen LogP contribution in [0.25, 0.3) is 0 Å². The summed E-state index contributed by atoms with van der Waals surface area (Å²) in [5.41, 5.74) is 0.107. The first-order chi connectivity index (χ1) is 7.49. The van der Waals surface area contributed by atoms with Gasteiger partial charge in [0.05, 0.1) is 12.1 Å². The van der Waals surface area contributed by atoms with Crippen LogP contribution in [0.2, 0.25) is 5.02 Å². The van der Waals surface area contributed by atoms with Crippen LogP contribution in [0.4, 0.5) is 0 Å². The fraction of sp³-hybridized carbons (Fsp3) is 0.300. The Kier molecular flexibility index (Phi) is 4.12. The number of carbonyl (C=O) groups is 1. The number of aliphatic hydroxyl groups excluding tert-OH is 2. The van der Waals surface area contributed by atoms with Gasteiger partial charge in [0.2, 0.25) is 0 Å². The number of methoxy groups -OCH3 is 1. The lowest BCUT2D eigenvalue weighted by molar-refractivity contribution is -0.153. The second-order valence-corrected chi connectivity index (χ2v) is 3.47. The summed E-state index contributed by atoms with van der Waals surface area (Å²) in [5, 5.41) is 27.4. The summed E-state index contributed by atoms with van der Waals surface area (Å²) < 4.78 is 4.90. The smallest absolute Gasteiger partial charge is 0.335 e. The van der Waals surface area contributed by atoms with Crippen molar-refractivity contribution >= 4 is 17.6 Å². The molecule has 6 heteroatoms. The van der Waals surface area contributed by atoms with Gasteiger partial charge in [-0.2, -0.15) is 0 Å². The topological polar surface area (TPSA) is 87.0 Å². The number of hydrogen-bond acceptors (Lipinski definition) is 4. The van der Waals surface area contributed by atoms with Gasteiger partial charge in [-0.25, -0.2) is 4.79 Å². The van der Waals surface area contributed by atoms with E-state index in [4.69, 9.17) is 21.4 Å². The van der Waals surface area contributed by atoms with Gasteiger partial charge in [-0.1, -0.05) is 23.7 Å². The van der Waals surface area contributed by atoms with Gasteiger partial charge in [-0.3, -0.25) is 0 Å². The van der Waals surface area contributed by atoms with Gasteiger partial charge in [0.25, 0.3) is 0 Å². The standard InChI is InChI=1S/C10H11ClO5/c1-16-6-4-2-3-5(7(6)11)8(12)9(13)10(14)15/h2-4,8-9,12-13H,1H3,(H,14,15). The quantitative estimate of drug-likeness (QED) is 0.732. The zero-order valence-electron chi connectivity index (χ0n) is 8.42. The van der Waals surface area contributed by atoms with Crippen LogP contribution in [0.15, 0.2) is 18.2 Å². The monoisotopic (exact) mass is 246 g/mol. The minimum atomic E-state index is -1.93. The third-order valence-corrected chi connectivity index (χ3v) is 2.49. The summed E-state index contributed by atoms with van der Waals surface area (Å²) in [6, 6.07) is 4.52. The Bertz CT molecular complexity index is 393. The molecule has 0 bridgehead atoms. The molecule has 0 saturated heterocycles. The van der Waals surface area contributed by atoms with Crippen molar-refractivity contribution in [2.24, 2.45) is 0 Å². The van der Waals surface area contributed by atoms with Gasteiger partial charge >= 0.3 is 5.97 Å². The van der Waals surface area contributed by atoms with Crippen molar-refractivity contribution in [2.75, 3.05) is 7.11 Å². The van der Waals surface area contributed by atoms with Crippen molar-refractivity contribution < 1.29 is 24.9 Å². The minimum absolute atomic E-state index is 0.0813. The van der Waals surface area contributed by atoms with Gasteiger partial charge in [0.15, 0.2) is 6.10 Å². The molecule has 0 fully saturated rings. The van der Waals surface area contributed by atoms with Crippen molar-refractivity contribution in [2.45, 2.75) is 12.2 Å². The Labute approximate surface area is 96.9 Å². The summed E-state index contributed by atoms with van der Waals surface area (Å²) in [6.45, 7) is 0. The summed E-state index contributed by atoms with van der Waals surface area (Å²) in [5.74, 6) is -1.22. The molecule has 2 unspecified atom stereocenters. The lowest BCUT2D eigenvalue weighted by Gasteiger charge is -2.16. The van der Waals surface area contributed by atoms with E-state index in [0.717, 1.165) is 0 Å². The first kappa shape index (κ1) is 12.8. The van der Waals surface area contributed by atoms with Crippen molar-refractivity contribution in [3.8, 4) is 5.75 Å². The van der Waals surface area contributed by atoms with E-state index >= 15 is 0 Å². The van der Waals surface area contributed by atoms with Crippen molar-refractivity contribution in [3.63, 3.8) is 0 Å². The Balaban J connectivity index is 3.08. The Morgan fingerprint density at radius 2 is 2.06 bits per heavy atom. The second-order valence-electron chi connectivity index (χ2n) is 3.09. The first-order valence-corrected chi connectivity index (χ1v) is 4.78. The Morgan fingerprint density at radius 3 is 2.56 bits per heavy atom. The maximum absolute atomic E-state index is 10.5. The molecule has 0 aromatic heterocycles. The number of benzene rings is 1. The Morgan fingerprint density at radius 1 is 1.44 bits per heavy atom. The van der Waals surface area contributed by atoms with E-state index in [9.17, 15) is 15.0 Å². The van der Waals surface area contributed by atoms with Crippen molar-refractivity contribution in [1.82, 2.24) is 0 Å². The van der Waals surface area contributed by atoms with Crippen LogP contribution in [0, 0.1) is 0 Å². The molecule has 1 rings (SSSR count). The third-order valence-electron chi connectivity index (χ3n) is 2.08. The zero-order valence-corrected chi connectivity index (χ0v) is 9.18. The molecule has 88 valence electrons. The highest BCUT2D eigenvalue weighted by atomic mass is 35.5. The molecule has 0 aliphatic rings. The van der Waals surface area contributed by atoms with Crippen LogP contribution in [0.5, 0.6) is 5.75 Å². The van der Waals surface area contributed by atoms with E-state index in [1.807, 2.05) is 0 Å². The summed E-state index contributed by atoms with van der Waals surface area (Å²) in [6.07, 6.45) is -3.52. The molecule has 2 atom stereocenters. The molecule has 1 aromatic rings. The maximum Gasteiger partial charge on any atom is 0.335 e. The van der Waals surface area contributed by atoms with Crippen LogP contribution >= 0.6 is 11.6 Å². The van der Waals surface area contributed by atoms with Crippen LogP contribution in [-0.4, -0.2) is 34.5 Å². The van der Waals surface area contributed by atoms with Gasteiger partial charge < -0.3 is 20.1 Å². The molecular formula is C10H11ClO5. The maximum atomic E-state index is 10.5. The van der Waals surface area contributed by atoms with E-state index in [1.165, 1.54) is 19.2 Å². The van der Waals surface area contributed by atoms with Crippen LogP contribution in [-0.2, 0) is 4.79 Å². The second kappa shape index (κ2) is 5.16. The number of carboxylic acid groups (broad SMARTS) is 1. The minimum Gasteiger partial charge on any atom is -0.495 e. The van der Waals surface area contributed by atoms with E-state index in [1.54, 1.807) is 6.07 Å². The number of carboxylic acids is 1. The lowest BCUT2D eigenvalue weighted by atomic mass is 10.0. The molecule has 0 heterocycles. The van der Waals surface area contributed by atoms with Gasteiger partial charge in [0.1, 0.15) is 11.9 Å². The highest BCUT2D eigenvalue weighted by molar-refractivity contribution is 6.32. The van der Waals surface area contributed by atoms with Gasteiger partial charge in [0, 0.05) is 5.56 Å².